The number of carbonyl (C=O) groups is 2. The number of carboxylic acid groups (broad SMARTS) is 1. The van der Waals surface area contributed by atoms with E-state index in [1.807, 2.05) is 0 Å². The second-order valence-electron chi connectivity index (χ2n) is 5.23. The molecule has 120 valence electrons. The maximum atomic E-state index is 12.2. The fraction of sp³-hybridized carbons (Fsp3) is 0.267. The molecule has 8 heteroatoms. The molecule has 1 saturated heterocycles. The van der Waals surface area contributed by atoms with Crippen molar-refractivity contribution < 1.29 is 24.0 Å². The second-order valence-corrected chi connectivity index (χ2v) is 5.67. The van der Waals surface area contributed by atoms with Crippen molar-refractivity contribution in [2.24, 2.45) is 0 Å². The van der Waals surface area contributed by atoms with Crippen molar-refractivity contribution in [2.45, 2.75) is 12.0 Å². The lowest BCUT2D eigenvalue weighted by Gasteiger charge is -2.22. The molecule has 1 amide bonds. The zero-order valence-corrected chi connectivity index (χ0v) is 12.7. The molecule has 1 unspecified atom stereocenters. The van der Waals surface area contributed by atoms with Crippen LogP contribution in [0.3, 0.4) is 0 Å². The Hall–Kier alpha value is -2.38. The third-order valence-corrected chi connectivity index (χ3v) is 3.87. The van der Waals surface area contributed by atoms with E-state index < -0.39 is 17.4 Å². The summed E-state index contributed by atoms with van der Waals surface area (Å²) >= 11 is 5.91. The van der Waals surface area contributed by atoms with Crippen LogP contribution in [0.1, 0.15) is 16.9 Å². The van der Waals surface area contributed by atoms with Crippen molar-refractivity contribution in [2.75, 3.05) is 13.2 Å². The van der Waals surface area contributed by atoms with Crippen molar-refractivity contribution in [3.8, 4) is 11.3 Å². The first-order valence-electron chi connectivity index (χ1n) is 6.86. The van der Waals surface area contributed by atoms with Gasteiger partial charge in [-0.1, -0.05) is 28.9 Å². The zero-order chi connectivity index (χ0) is 16.4. The highest BCUT2D eigenvalue weighted by molar-refractivity contribution is 6.30. The molecule has 0 saturated carbocycles. The van der Waals surface area contributed by atoms with Crippen LogP contribution in [-0.2, 0) is 9.53 Å². The zero-order valence-electron chi connectivity index (χ0n) is 11.9. The first-order chi connectivity index (χ1) is 11.0. The van der Waals surface area contributed by atoms with Crippen molar-refractivity contribution in [1.29, 1.82) is 0 Å². The van der Waals surface area contributed by atoms with Gasteiger partial charge in [0.25, 0.3) is 5.91 Å². The lowest BCUT2D eigenvalue weighted by molar-refractivity contribution is -0.144. The number of aromatic nitrogens is 1. The third-order valence-electron chi connectivity index (χ3n) is 3.64. The van der Waals surface area contributed by atoms with Gasteiger partial charge in [-0.2, -0.15) is 0 Å². The number of carbonyl (C=O) groups excluding carboxylic acids is 1. The Bertz CT molecular complexity index is 752. The number of rotatable bonds is 4. The number of carboxylic acids is 1. The molecule has 1 aliphatic rings. The molecule has 3 rings (SSSR count). The van der Waals surface area contributed by atoms with Crippen LogP contribution in [0.4, 0.5) is 0 Å². The van der Waals surface area contributed by atoms with E-state index in [2.05, 4.69) is 10.5 Å². The first-order valence-corrected chi connectivity index (χ1v) is 7.24. The van der Waals surface area contributed by atoms with Crippen LogP contribution in [0, 0.1) is 0 Å². The summed E-state index contributed by atoms with van der Waals surface area (Å²) in [7, 11) is 0. The Morgan fingerprint density at radius 1 is 1.35 bits per heavy atom. The normalized spacial score (nSPS) is 20.4. The lowest BCUT2D eigenvalue weighted by atomic mass is 9.99. The molecule has 1 aromatic heterocycles. The average Bonchev–Trinajstić information content (AvgIpc) is 3.17. The van der Waals surface area contributed by atoms with E-state index in [0.29, 0.717) is 16.3 Å². The van der Waals surface area contributed by atoms with E-state index in [4.69, 9.17) is 20.9 Å². The predicted molar refractivity (Wildman–Crippen MR) is 80.2 cm³/mol. The van der Waals surface area contributed by atoms with Gasteiger partial charge in [0.05, 0.1) is 6.61 Å². The summed E-state index contributed by atoms with van der Waals surface area (Å²) in [6.07, 6.45) is 0.201. The number of halogens is 1. The minimum absolute atomic E-state index is 0.00694. The number of aliphatic carboxylic acids is 1. The van der Waals surface area contributed by atoms with Gasteiger partial charge in [-0.25, -0.2) is 4.79 Å². The van der Waals surface area contributed by atoms with Gasteiger partial charge in [-0.05, 0) is 12.1 Å². The van der Waals surface area contributed by atoms with Crippen LogP contribution in [0.25, 0.3) is 11.3 Å². The second kappa shape index (κ2) is 6.02. The molecule has 23 heavy (non-hydrogen) atoms. The van der Waals surface area contributed by atoms with Gasteiger partial charge in [0.2, 0.25) is 0 Å². The Kier molecular flexibility index (Phi) is 4.06. The van der Waals surface area contributed by atoms with Crippen molar-refractivity contribution >= 4 is 23.5 Å². The van der Waals surface area contributed by atoms with Crippen molar-refractivity contribution in [3.05, 3.63) is 41.0 Å². The smallest absolute Gasteiger partial charge is 0.331 e. The monoisotopic (exact) mass is 336 g/mol. The SMILES string of the molecule is O=C(NC1(C(=O)O)CCOC1)c1cc(-c2cccc(Cl)c2)on1. The van der Waals surface area contributed by atoms with E-state index in [0.717, 1.165) is 0 Å². The lowest BCUT2D eigenvalue weighted by Crippen LogP contribution is -2.55. The highest BCUT2D eigenvalue weighted by Crippen LogP contribution is 2.24. The summed E-state index contributed by atoms with van der Waals surface area (Å²) in [6, 6.07) is 8.33. The quantitative estimate of drug-likeness (QED) is 0.885. The minimum atomic E-state index is -1.42. The summed E-state index contributed by atoms with van der Waals surface area (Å²) in [5.74, 6) is -1.40. The van der Waals surface area contributed by atoms with E-state index in [9.17, 15) is 14.7 Å². The topological polar surface area (TPSA) is 102 Å². The number of hydrogen-bond donors (Lipinski definition) is 2. The number of benzene rings is 1. The van der Waals surface area contributed by atoms with Gasteiger partial charge < -0.3 is 19.7 Å². The maximum Gasteiger partial charge on any atom is 0.331 e. The molecule has 0 spiro atoms. The summed E-state index contributed by atoms with van der Waals surface area (Å²) in [5, 5.41) is 16.0. The number of amides is 1. The Morgan fingerprint density at radius 2 is 2.17 bits per heavy atom. The molecule has 0 bridgehead atoms. The van der Waals surface area contributed by atoms with E-state index >= 15 is 0 Å². The molecule has 2 aromatic rings. The van der Waals surface area contributed by atoms with Crippen molar-refractivity contribution in [3.63, 3.8) is 0 Å². The molecule has 1 aromatic carbocycles. The average molecular weight is 337 g/mol. The summed E-state index contributed by atoms with van der Waals surface area (Å²) in [6.45, 7) is 0.201. The first kappa shape index (κ1) is 15.5. The largest absolute Gasteiger partial charge is 0.479 e. The molecule has 2 heterocycles. The fourth-order valence-electron chi connectivity index (χ4n) is 2.33. The van der Waals surface area contributed by atoms with Gasteiger partial charge in [0.1, 0.15) is 0 Å². The van der Waals surface area contributed by atoms with Gasteiger partial charge in [-0.15, -0.1) is 0 Å². The van der Waals surface area contributed by atoms with Gasteiger partial charge >= 0.3 is 5.97 Å². The highest BCUT2D eigenvalue weighted by Gasteiger charge is 2.44. The number of nitrogens with one attached hydrogen (secondary N) is 1. The summed E-state index contributed by atoms with van der Waals surface area (Å²) in [5.41, 5.74) is -0.764. The maximum absolute atomic E-state index is 12.2. The third kappa shape index (κ3) is 3.06. The van der Waals surface area contributed by atoms with Crippen LogP contribution in [0.2, 0.25) is 5.02 Å². The van der Waals surface area contributed by atoms with Crippen LogP contribution in [0.5, 0.6) is 0 Å². The van der Waals surface area contributed by atoms with Crippen LogP contribution < -0.4 is 5.32 Å². The van der Waals surface area contributed by atoms with Crippen molar-refractivity contribution in [1.82, 2.24) is 10.5 Å². The minimum Gasteiger partial charge on any atom is -0.479 e. The van der Waals surface area contributed by atoms with Crippen LogP contribution in [-0.4, -0.2) is 40.9 Å². The molecule has 1 atom stereocenters. The molecule has 0 aliphatic carbocycles. The molecule has 7 nitrogen and oxygen atoms in total. The van der Waals surface area contributed by atoms with Crippen LogP contribution >= 0.6 is 11.6 Å². The summed E-state index contributed by atoms with van der Waals surface area (Å²) in [4.78, 5) is 23.6. The molecule has 1 aliphatic heterocycles. The fourth-order valence-corrected chi connectivity index (χ4v) is 2.52. The molecular weight excluding hydrogens is 324 g/mol. The highest BCUT2D eigenvalue weighted by atomic mass is 35.5. The molecule has 2 N–H and O–H groups in total. The standard InChI is InChI=1S/C15H13ClN2O5/c16-10-3-1-2-9(6-10)12-7-11(18-23-12)13(19)17-15(14(20)21)4-5-22-8-15/h1-3,6-7H,4-5,8H2,(H,17,19)(H,20,21). The van der Waals surface area contributed by atoms with Crippen LogP contribution in [0.15, 0.2) is 34.9 Å². The number of ether oxygens (including phenoxy) is 1. The summed E-state index contributed by atoms with van der Waals surface area (Å²) < 4.78 is 10.2. The van der Waals surface area contributed by atoms with Gasteiger partial charge in [0.15, 0.2) is 17.0 Å². The van der Waals surface area contributed by atoms with E-state index in [1.165, 1.54) is 6.07 Å². The van der Waals surface area contributed by atoms with E-state index in [1.54, 1.807) is 24.3 Å². The molecule has 0 radical (unpaired) electrons. The Balaban J connectivity index is 1.80. The van der Waals surface area contributed by atoms with Gasteiger partial charge in [-0.3, -0.25) is 4.79 Å². The Labute approximate surface area is 136 Å². The van der Waals surface area contributed by atoms with E-state index in [-0.39, 0.29) is 25.3 Å². The predicted octanol–water partition coefficient (Wildman–Crippen LogP) is 1.97. The molecular formula is C15H13ClN2O5. The Morgan fingerprint density at radius 3 is 2.83 bits per heavy atom. The number of hydrogen-bond acceptors (Lipinski definition) is 5. The number of nitrogens with zero attached hydrogens (tertiary/aromatic N) is 1. The van der Waals surface area contributed by atoms with Gasteiger partial charge in [0, 0.05) is 29.7 Å². The molecule has 1 fully saturated rings.